The van der Waals surface area contributed by atoms with Crippen LogP contribution in [0.4, 0.5) is 0 Å². The molecular weight excluding hydrogens is 336 g/mol. The number of carbonyl (C=O) groups is 3. The van der Waals surface area contributed by atoms with E-state index in [1.165, 1.54) is 24.3 Å². The SMILES string of the molecule is CCCNC(=O)CNC(=O)COC(=O)c1ccc(S(C)(=O)=O)cc1. The molecule has 2 amide bonds. The molecule has 1 aromatic rings. The monoisotopic (exact) mass is 356 g/mol. The standard InChI is InChI=1S/C15H20N2O6S/c1-3-8-16-13(18)9-17-14(19)10-23-15(20)11-4-6-12(7-5-11)24(2,21)22/h4-7H,3,8-10H2,1-2H3,(H,16,18)(H,17,19). The summed E-state index contributed by atoms with van der Waals surface area (Å²) < 4.78 is 27.4. The molecule has 0 fully saturated rings. The number of esters is 1. The van der Waals surface area contributed by atoms with E-state index in [-0.39, 0.29) is 22.9 Å². The van der Waals surface area contributed by atoms with Gasteiger partial charge in [0, 0.05) is 12.8 Å². The van der Waals surface area contributed by atoms with Crippen molar-refractivity contribution < 1.29 is 27.5 Å². The van der Waals surface area contributed by atoms with Gasteiger partial charge in [-0.1, -0.05) is 6.92 Å². The number of sulfone groups is 1. The lowest BCUT2D eigenvalue weighted by atomic mass is 10.2. The van der Waals surface area contributed by atoms with Crippen LogP contribution in [-0.4, -0.2) is 52.2 Å². The molecule has 0 saturated heterocycles. The molecule has 0 saturated carbocycles. The number of ether oxygens (including phenoxy) is 1. The van der Waals surface area contributed by atoms with Crippen LogP contribution in [0.15, 0.2) is 29.2 Å². The molecule has 0 spiro atoms. The molecule has 0 bridgehead atoms. The van der Waals surface area contributed by atoms with Crippen LogP contribution < -0.4 is 10.6 Å². The average Bonchev–Trinajstić information content (AvgIpc) is 2.55. The molecule has 0 aliphatic heterocycles. The van der Waals surface area contributed by atoms with Gasteiger partial charge in [-0.25, -0.2) is 13.2 Å². The summed E-state index contributed by atoms with van der Waals surface area (Å²) in [5.74, 6) is -1.70. The minimum Gasteiger partial charge on any atom is -0.452 e. The van der Waals surface area contributed by atoms with E-state index < -0.39 is 28.3 Å². The lowest BCUT2D eigenvalue weighted by Gasteiger charge is -2.07. The second-order valence-corrected chi connectivity index (χ2v) is 7.02. The smallest absolute Gasteiger partial charge is 0.338 e. The maximum Gasteiger partial charge on any atom is 0.338 e. The topological polar surface area (TPSA) is 119 Å². The number of amides is 2. The molecule has 9 heteroatoms. The maximum absolute atomic E-state index is 11.8. The third kappa shape index (κ3) is 6.78. The summed E-state index contributed by atoms with van der Waals surface area (Å²) in [6.07, 6.45) is 1.84. The predicted molar refractivity (Wildman–Crippen MR) is 86.1 cm³/mol. The third-order valence-electron chi connectivity index (χ3n) is 2.87. The van der Waals surface area contributed by atoms with E-state index in [1.54, 1.807) is 0 Å². The largest absolute Gasteiger partial charge is 0.452 e. The molecule has 132 valence electrons. The number of hydrogen-bond acceptors (Lipinski definition) is 6. The van der Waals surface area contributed by atoms with E-state index in [2.05, 4.69) is 10.6 Å². The van der Waals surface area contributed by atoms with Gasteiger partial charge >= 0.3 is 5.97 Å². The zero-order chi connectivity index (χ0) is 18.2. The summed E-state index contributed by atoms with van der Waals surface area (Å²) in [5, 5.41) is 4.90. The number of carbonyl (C=O) groups excluding carboxylic acids is 3. The minimum atomic E-state index is -3.35. The molecule has 0 aromatic heterocycles. The highest BCUT2D eigenvalue weighted by Gasteiger charge is 2.13. The molecule has 1 aromatic carbocycles. The van der Waals surface area contributed by atoms with Crippen LogP contribution in [0.2, 0.25) is 0 Å². The van der Waals surface area contributed by atoms with Gasteiger partial charge in [-0.15, -0.1) is 0 Å². The van der Waals surface area contributed by atoms with E-state index in [0.717, 1.165) is 12.7 Å². The zero-order valence-electron chi connectivity index (χ0n) is 13.5. The Balaban J connectivity index is 2.43. The molecule has 0 atom stereocenters. The van der Waals surface area contributed by atoms with Crippen LogP contribution >= 0.6 is 0 Å². The normalized spacial score (nSPS) is 10.8. The second-order valence-electron chi connectivity index (χ2n) is 5.00. The molecule has 0 radical (unpaired) electrons. The molecular formula is C15H20N2O6S. The minimum absolute atomic E-state index is 0.0786. The first-order chi connectivity index (χ1) is 11.2. The van der Waals surface area contributed by atoms with Gasteiger partial charge < -0.3 is 15.4 Å². The van der Waals surface area contributed by atoms with Crippen molar-refractivity contribution in [1.82, 2.24) is 10.6 Å². The number of rotatable bonds is 8. The summed E-state index contributed by atoms with van der Waals surface area (Å²) in [4.78, 5) is 34.6. The first-order valence-corrected chi connectivity index (χ1v) is 9.13. The fourth-order valence-electron chi connectivity index (χ4n) is 1.61. The third-order valence-corrected chi connectivity index (χ3v) is 4.00. The van der Waals surface area contributed by atoms with Crippen molar-refractivity contribution in [2.24, 2.45) is 0 Å². The Morgan fingerprint density at radius 3 is 2.21 bits per heavy atom. The van der Waals surface area contributed by atoms with Gasteiger partial charge in [-0.3, -0.25) is 9.59 Å². The molecule has 2 N–H and O–H groups in total. The predicted octanol–water partition coefficient (Wildman–Crippen LogP) is -0.111. The lowest BCUT2D eigenvalue weighted by molar-refractivity contribution is -0.127. The second kappa shape index (κ2) is 9.02. The van der Waals surface area contributed by atoms with Gasteiger partial charge in [0.1, 0.15) is 0 Å². The van der Waals surface area contributed by atoms with Crippen molar-refractivity contribution in [2.75, 3.05) is 26.0 Å². The van der Waals surface area contributed by atoms with E-state index in [9.17, 15) is 22.8 Å². The van der Waals surface area contributed by atoms with E-state index in [1.807, 2.05) is 6.92 Å². The summed E-state index contributed by atoms with van der Waals surface area (Å²) in [6, 6.07) is 5.16. The van der Waals surface area contributed by atoms with E-state index in [0.29, 0.717) is 6.54 Å². The molecule has 1 rings (SSSR count). The van der Waals surface area contributed by atoms with Crippen LogP contribution in [0.5, 0.6) is 0 Å². The van der Waals surface area contributed by atoms with Crippen molar-refractivity contribution >= 4 is 27.6 Å². The Morgan fingerprint density at radius 2 is 1.67 bits per heavy atom. The van der Waals surface area contributed by atoms with Gasteiger partial charge in [0.15, 0.2) is 16.4 Å². The van der Waals surface area contributed by atoms with Gasteiger partial charge in [0.05, 0.1) is 17.0 Å². The van der Waals surface area contributed by atoms with Crippen LogP contribution in [-0.2, 0) is 24.2 Å². The Morgan fingerprint density at radius 1 is 1.04 bits per heavy atom. The number of benzene rings is 1. The molecule has 8 nitrogen and oxygen atoms in total. The Kier molecular flexibility index (Phi) is 7.37. The van der Waals surface area contributed by atoms with Crippen molar-refractivity contribution in [3.05, 3.63) is 29.8 Å². The molecule has 0 aliphatic carbocycles. The molecule has 0 heterocycles. The first-order valence-electron chi connectivity index (χ1n) is 7.24. The molecule has 24 heavy (non-hydrogen) atoms. The van der Waals surface area contributed by atoms with E-state index >= 15 is 0 Å². The maximum atomic E-state index is 11.8. The summed E-state index contributed by atoms with van der Waals surface area (Å²) in [5.41, 5.74) is 0.121. The quantitative estimate of drug-likeness (QED) is 0.627. The first kappa shape index (κ1) is 19.6. The number of nitrogens with one attached hydrogen (secondary N) is 2. The van der Waals surface area contributed by atoms with Gasteiger partial charge in [0.25, 0.3) is 5.91 Å². The Labute approximate surface area is 140 Å². The van der Waals surface area contributed by atoms with Crippen LogP contribution in [0, 0.1) is 0 Å². The zero-order valence-corrected chi connectivity index (χ0v) is 14.3. The van der Waals surface area contributed by atoms with Gasteiger partial charge in [0.2, 0.25) is 5.91 Å². The average molecular weight is 356 g/mol. The van der Waals surface area contributed by atoms with Crippen molar-refractivity contribution in [3.63, 3.8) is 0 Å². The highest BCUT2D eigenvalue weighted by atomic mass is 32.2. The van der Waals surface area contributed by atoms with Crippen LogP contribution in [0.3, 0.4) is 0 Å². The molecule has 0 aliphatic rings. The Bertz CT molecular complexity index is 697. The van der Waals surface area contributed by atoms with Gasteiger partial charge in [-0.2, -0.15) is 0 Å². The Hall–Kier alpha value is -2.42. The number of hydrogen-bond donors (Lipinski definition) is 2. The van der Waals surface area contributed by atoms with Crippen LogP contribution in [0.1, 0.15) is 23.7 Å². The lowest BCUT2D eigenvalue weighted by Crippen LogP contribution is -2.38. The van der Waals surface area contributed by atoms with Gasteiger partial charge in [-0.05, 0) is 30.7 Å². The summed E-state index contributed by atoms with van der Waals surface area (Å²) in [7, 11) is -3.35. The highest BCUT2D eigenvalue weighted by molar-refractivity contribution is 7.90. The summed E-state index contributed by atoms with van der Waals surface area (Å²) in [6.45, 7) is 1.70. The fraction of sp³-hybridized carbons (Fsp3) is 0.400. The van der Waals surface area contributed by atoms with Crippen molar-refractivity contribution in [3.8, 4) is 0 Å². The summed E-state index contributed by atoms with van der Waals surface area (Å²) >= 11 is 0. The van der Waals surface area contributed by atoms with Crippen molar-refractivity contribution in [1.29, 1.82) is 0 Å². The van der Waals surface area contributed by atoms with Crippen molar-refractivity contribution in [2.45, 2.75) is 18.2 Å². The fourth-order valence-corrected chi connectivity index (χ4v) is 2.24. The van der Waals surface area contributed by atoms with E-state index in [4.69, 9.17) is 4.74 Å². The highest BCUT2D eigenvalue weighted by Crippen LogP contribution is 2.11. The molecule has 0 unspecified atom stereocenters. The van der Waals surface area contributed by atoms with Crippen LogP contribution in [0.25, 0.3) is 0 Å².